The molecule has 0 aliphatic heterocycles. The van der Waals surface area contributed by atoms with Crippen LogP contribution in [0.1, 0.15) is 5.56 Å². The van der Waals surface area contributed by atoms with E-state index in [1.807, 2.05) is 4.57 Å². The number of hydrogen-bond donors (Lipinski definition) is 0. The van der Waals surface area contributed by atoms with E-state index in [1.165, 1.54) is 18.2 Å². The van der Waals surface area contributed by atoms with Gasteiger partial charge in [0.15, 0.2) is 0 Å². The van der Waals surface area contributed by atoms with Crippen molar-refractivity contribution in [1.29, 1.82) is 0 Å². The van der Waals surface area contributed by atoms with E-state index in [-0.39, 0.29) is 11.4 Å². The average Bonchev–Trinajstić information content (AvgIpc) is 2.90. The van der Waals surface area contributed by atoms with Gasteiger partial charge in [0.2, 0.25) is 0 Å². The standard InChI is InChI=1S/C15H11N3O4/c19-17(20)12-4-1-3-11(9-12)10-16-8-7-13-14(16)5-2-6-15(13)18(21)22/h1-9H,10H2. The summed E-state index contributed by atoms with van der Waals surface area (Å²) in [6, 6.07) is 12.9. The SMILES string of the molecule is O=[N+]([O-])c1cccc(Cn2ccc3c([N+](=O)[O-])cccc32)c1. The van der Waals surface area contributed by atoms with Gasteiger partial charge in [-0.25, -0.2) is 0 Å². The molecule has 110 valence electrons. The number of nitro groups is 2. The van der Waals surface area contributed by atoms with Crippen molar-refractivity contribution in [3.63, 3.8) is 0 Å². The molecule has 0 bridgehead atoms. The zero-order valence-electron chi connectivity index (χ0n) is 11.4. The van der Waals surface area contributed by atoms with Gasteiger partial charge in [0.05, 0.1) is 20.7 Å². The molecule has 0 N–H and O–H groups in total. The van der Waals surface area contributed by atoms with E-state index < -0.39 is 9.85 Å². The maximum atomic E-state index is 11.0. The van der Waals surface area contributed by atoms with Crippen LogP contribution < -0.4 is 0 Å². The fourth-order valence-electron chi connectivity index (χ4n) is 2.47. The lowest BCUT2D eigenvalue weighted by molar-refractivity contribution is -0.384. The van der Waals surface area contributed by atoms with Gasteiger partial charge < -0.3 is 4.57 Å². The summed E-state index contributed by atoms with van der Waals surface area (Å²) in [5.74, 6) is 0. The molecule has 0 fully saturated rings. The number of nitro benzene ring substituents is 2. The molecular formula is C15H11N3O4. The first kappa shape index (κ1) is 13.7. The maximum Gasteiger partial charge on any atom is 0.278 e. The molecule has 0 aliphatic rings. The molecule has 0 radical (unpaired) electrons. The number of non-ortho nitro benzene ring substituents is 2. The van der Waals surface area contributed by atoms with Gasteiger partial charge in [-0.1, -0.05) is 18.2 Å². The van der Waals surface area contributed by atoms with Crippen molar-refractivity contribution < 1.29 is 9.85 Å². The van der Waals surface area contributed by atoms with E-state index in [2.05, 4.69) is 0 Å². The molecule has 1 heterocycles. The third-order valence-corrected chi connectivity index (χ3v) is 3.46. The van der Waals surface area contributed by atoms with Gasteiger partial charge in [0, 0.05) is 30.9 Å². The molecule has 7 heteroatoms. The Kier molecular flexibility index (Phi) is 3.30. The van der Waals surface area contributed by atoms with Crippen LogP contribution in [-0.4, -0.2) is 14.4 Å². The third kappa shape index (κ3) is 2.39. The van der Waals surface area contributed by atoms with Crippen molar-refractivity contribution in [1.82, 2.24) is 4.57 Å². The largest absolute Gasteiger partial charge is 0.343 e. The predicted molar refractivity (Wildman–Crippen MR) is 80.8 cm³/mol. The van der Waals surface area contributed by atoms with E-state index in [1.54, 1.807) is 36.5 Å². The third-order valence-electron chi connectivity index (χ3n) is 3.46. The van der Waals surface area contributed by atoms with Crippen molar-refractivity contribution in [3.05, 3.63) is 80.5 Å². The van der Waals surface area contributed by atoms with Gasteiger partial charge in [-0.05, 0) is 17.7 Å². The Balaban J connectivity index is 2.01. The smallest absolute Gasteiger partial charge is 0.278 e. The van der Waals surface area contributed by atoms with Crippen LogP contribution in [0.3, 0.4) is 0 Å². The van der Waals surface area contributed by atoms with Gasteiger partial charge in [0.1, 0.15) is 0 Å². The van der Waals surface area contributed by atoms with Gasteiger partial charge in [-0.2, -0.15) is 0 Å². The van der Waals surface area contributed by atoms with Crippen LogP contribution in [-0.2, 0) is 6.54 Å². The summed E-state index contributed by atoms with van der Waals surface area (Å²) in [7, 11) is 0. The molecule has 22 heavy (non-hydrogen) atoms. The normalized spacial score (nSPS) is 10.7. The molecule has 0 atom stereocenters. The molecule has 0 saturated carbocycles. The molecule has 0 amide bonds. The minimum absolute atomic E-state index is 0.0277. The van der Waals surface area contributed by atoms with Gasteiger partial charge >= 0.3 is 0 Å². The van der Waals surface area contributed by atoms with Crippen molar-refractivity contribution >= 4 is 22.3 Å². The summed E-state index contributed by atoms with van der Waals surface area (Å²) >= 11 is 0. The first-order valence-corrected chi connectivity index (χ1v) is 6.52. The van der Waals surface area contributed by atoms with Gasteiger partial charge in [-0.3, -0.25) is 20.2 Å². The Morgan fingerprint density at radius 3 is 2.45 bits per heavy atom. The molecule has 3 rings (SSSR count). The summed E-state index contributed by atoms with van der Waals surface area (Å²) in [6.07, 6.45) is 1.75. The number of hydrogen-bond acceptors (Lipinski definition) is 4. The van der Waals surface area contributed by atoms with Crippen molar-refractivity contribution in [2.75, 3.05) is 0 Å². The lowest BCUT2D eigenvalue weighted by Gasteiger charge is -2.05. The number of benzene rings is 2. The highest BCUT2D eigenvalue weighted by atomic mass is 16.6. The Labute approximate surface area is 124 Å². The second kappa shape index (κ2) is 5.28. The van der Waals surface area contributed by atoms with Gasteiger partial charge in [-0.15, -0.1) is 0 Å². The van der Waals surface area contributed by atoms with Crippen molar-refractivity contribution in [2.45, 2.75) is 6.54 Å². The first-order chi connectivity index (χ1) is 10.6. The Bertz CT molecular complexity index is 885. The number of nitrogens with zero attached hydrogens (tertiary/aromatic N) is 3. The molecule has 3 aromatic rings. The minimum atomic E-state index is -0.442. The summed E-state index contributed by atoms with van der Waals surface area (Å²) in [6.45, 7) is 0.409. The zero-order valence-corrected chi connectivity index (χ0v) is 11.4. The molecule has 0 unspecified atom stereocenters. The van der Waals surface area contributed by atoms with Crippen LogP contribution in [0.25, 0.3) is 10.9 Å². The van der Waals surface area contributed by atoms with Crippen LogP contribution in [0.2, 0.25) is 0 Å². The molecule has 0 aliphatic carbocycles. The maximum absolute atomic E-state index is 11.0. The second-order valence-corrected chi connectivity index (χ2v) is 4.84. The van der Waals surface area contributed by atoms with E-state index in [4.69, 9.17) is 0 Å². The number of rotatable bonds is 4. The second-order valence-electron chi connectivity index (χ2n) is 4.84. The van der Waals surface area contributed by atoms with Crippen molar-refractivity contribution in [2.24, 2.45) is 0 Å². The highest BCUT2D eigenvalue weighted by molar-refractivity contribution is 5.89. The molecule has 7 nitrogen and oxygen atoms in total. The van der Waals surface area contributed by atoms with Gasteiger partial charge in [0.25, 0.3) is 11.4 Å². The van der Waals surface area contributed by atoms with Crippen LogP contribution in [0.4, 0.5) is 11.4 Å². The molecule has 1 aromatic heterocycles. The summed E-state index contributed by atoms with van der Waals surface area (Å²) in [4.78, 5) is 21.0. The average molecular weight is 297 g/mol. The summed E-state index contributed by atoms with van der Waals surface area (Å²) in [5, 5.41) is 22.4. The Morgan fingerprint density at radius 2 is 1.73 bits per heavy atom. The quantitative estimate of drug-likeness (QED) is 0.544. The molecule has 0 saturated heterocycles. The van der Waals surface area contributed by atoms with E-state index in [0.717, 1.165) is 11.1 Å². The zero-order chi connectivity index (χ0) is 15.7. The van der Waals surface area contributed by atoms with E-state index in [9.17, 15) is 20.2 Å². The summed E-state index contributed by atoms with van der Waals surface area (Å²) < 4.78 is 1.83. The van der Waals surface area contributed by atoms with Crippen molar-refractivity contribution in [3.8, 4) is 0 Å². The Hall–Kier alpha value is -3.22. The summed E-state index contributed by atoms with van der Waals surface area (Å²) in [5.41, 5.74) is 1.56. The lowest BCUT2D eigenvalue weighted by Crippen LogP contribution is -1.99. The molecular weight excluding hydrogens is 286 g/mol. The topological polar surface area (TPSA) is 91.2 Å². The van der Waals surface area contributed by atoms with E-state index >= 15 is 0 Å². The molecule has 0 spiro atoms. The van der Waals surface area contributed by atoms with Crippen LogP contribution in [0.15, 0.2) is 54.7 Å². The molecule has 2 aromatic carbocycles. The monoisotopic (exact) mass is 297 g/mol. The fraction of sp³-hybridized carbons (Fsp3) is 0.0667. The fourth-order valence-corrected chi connectivity index (χ4v) is 2.47. The minimum Gasteiger partial charge on any atom is -0.343 e. The first-order valence-electron chi connectivity index (χ1n) is 6.52. The number of aromatic nitrogens is 1. The van der Waals surface area contributed by atoms with E-state index in [0.29, 0.717) is 11.9 Å². The van der Waals surface area contributed by atoms with Crippen LogP contribution in [0, 0.1) is 20.2 Å². The van der Waals surface area contributed by atoms with Crippen LogP contribution in [0.5, 0.6) is 0 Å². The highest BCUT2D eigenvalue weighted by Crippen LogP contribution is 2.27. The van der Waals surface area contributed by atoms with Crippen LogP contribution >= 0.6 is 0 Å². The predicted octanol–water partition coefficient (Wildman–Crippen LogP) is 3.51. The Morgan fingerprint density at radius 1 is 0.955 bits per heavy atom. The number of fused-ring (bicyclic) bond motifs is 1. The lowest BCUT2D eigenvalue weighted by atomic mass is 10.2. The highest BCUT2D eigenvalue weighted by Gasteiger charge is 2.14.